The highest BCUT2D eigenvalue weighted by atomic mass is 32.2. The van der Waals surface area contributed by atoms with Crippen molar-refractivity contribution in [1.29, 1.82) is 0 Å². The first-order chi connectivity index (χ1) is 11.9. The van der Waals surface area contributed by atoms with E-state index in [4.69, 9.17) is 0 Å². The molecule has 0 heterocycles. The number of nitro groups is 1. The Bertz CT molecular complexity index is 820. The quantitative estimate of drug-likeness (QED) is 0.481. The summed E-state index contributed by atoms with van der Waals surface area (Å²) in [5, 5.41) is 14.0. The smallest absolute Gasteiger partial charge is 0.283 e. The van der Waals surface area contributed by atoms with Gasteiger partial charge in [-0.3, -0.25) is 14.9 Å². The molecule has 25 heavy (non-hydrogen) atoms. The van der Waals surface area contributed by atoms with Gasteiger partial charge in [-0.05, 0) is 48.9 Å². The summed E-state index contributed by atoms with van der Waals surface area (Å²) in [6.07, 6.45) is 3.59. The number of nitro benzene ring substituents is 1. The number of rotatable bonds is 6. The Morgan fingerprint density at radius 2 is 1.96 bits per heavy atom. The van der Waals surface area contributed by atoms with Gasteiger partial charge in [-0.25, -0.2) is 4.39 Å². The van der Waals surface area contributed by atoms with E-state index in [-0.39, 0.29) is 28.4 Å². The standard InChI is InChI=1S/C18H17FN2O3S/c1-25-16-7-2-12(10-15(16)21(23)24)17(22)20-11-18(8-9-18)13-3-5-14(19)6-4-13/h2-7,10H,8-9,11H2,1H3,(H,20,22). The fourth-order valence-corrected chi connectivity index (χ4v) is 3.39. The van der Waals surface area contributed by atoms with E-state index in [9.17, 15) is 19.3 Å². The van der Waals surface area contributed by atoms with Crippen LogP contribution in [0.4, 0.5) is 10.1 Å². The van der Waals surface area contributed by atoms with Crippen LogP contribution < -0.4 is 5.32 Å². The monoisotopic (exact) mass is 360 g/mol. The molecular weight excluding hydrogens is 343 g/mol. The molecule has 0 radical (unpaired) electrons. The van der Waals surface area contributed by atoms with Crippen molar-refractivity contribution in [3.63, 3.8) is 0 Å². The molecule has 0 atom stereocenters. The second-order valence-electron chi connectivity index (χ2n) is 6.11. The SMILES string of the molecule is CSc1ccc(C(=O)NCC2(c3ccc(F)cc3)CC2)cc1[N+](=O)[O-]. The summed E-state index contributed by atoms with van der Waals surface area (Å²) < 4.78 is 13.1. The Morgan fingerprint density at radius 1 is 1.28 bits per heavy atom. The van der Waals surface area contributed by atoms with Gasteiger partial charge in [-0.15, -0.1) is 11.8 Å². The molecule has 130 valence electrons. The molecule has 5 nitrogen and oxygen atoms in total. The predicted molar refractivity (Wildman–Crippen MR) is 94.5 cm³/mol. The van der Waals surface area contributed by atoms with E-state index in [0.29, 0.717) is 11.4 Å². The first kappa shape index (κ1) is 17.4. The molecule has 0 aliphatic heterocycles. The average molecular weight is 360 g/mol. The minimum atomic E-state index is -0.483. The third-order valence-corrected chi connectivity index (χ3v) is 5.32. The van der Waals surface area contributed by atoms with Crippen molar-refractivity contribution >= 4 is 23.4 Å². The molecule has 0 unspecified atom stereocenters. The first-order valence-electron chi connectivity index (χ1n) is 7.82. The van der Waals surface area contributed by atoms with Crippen molar-refractivity contribution in [2.75, 3.05) is 12.8 Å². The van der Waals surface area contributed by atoms with Crippen LogP contribution in [0.25, 0.3) is 0 Å². The summed E-state index contributed by atoms with van der Waals surface area (Å²) >= 11 is 1.27. The van der Waals surface area contributed by atoms with Crippen LogP contribution in [0, 0.1) is 15.9 Å². The number of halogens is 1. The van der Waals surface area contributed by atoms with E-state index in [2.05, 4.69) is 5.32 Å². The Morgan fingerprint density at radius 3 is 2.52 bits per heavy atom. The summed E-state index contributed by atoms with van der Waals surface area (Å²) in [7, 11) is 0. The van der Waals surface area contributed by atoms with Crippen LogP contribution in [-0.4, -0.2) is 23.6 Å². The number of hydrogen-bond donors (Lipinski definition) is 1. The number of benzene rings is 2. The van der Waals surface area contributed by atoms with E-state index in [0.717, 1.165) is 18.4 Å². The lowest BCUT2D eigenvalue weighted by Crippen LogP contribution is -2.32. The van der Waals surface area contributed by atoms with Crippen molar-refractivity contribution in [2.45, 2.75) is 23.2 Å². The van der Waals surface area contributed by atoms with E-state index in [1.165, 1.54) is 30.0 Å². The number of hydrogen-bond acceptors (Lipinski definition) is 4. The molecule has 0 spiro atoms. The van der Waals surface area contributed by atoms with Gasteiger partial charge in [0.05, 0.1) is 9.82 Å². The average Bonchev–Trinajstić information content (AvgIpc) is 3.40. The van der Waals surface area contributed by atoms with Crippen LogP contribution in [0.3, 0.4) is 0 Å². The zero-order chi connectivity index (χ0) is 18.0. The zero-order valence-electron chi connectivity index (χ0n) is 13.6. The predicted octanol–water partition coefficient (Wildman–Crippen LogP) is 3.92. The molecule has 1 saturated carbocycles. The largest absolute Gasteiger partial charge is 0.351 e. The van der Waals surface area contributed by atoms with Gasteiger partial charge < -0.3 is 5.32 Å². The Balaban J connectivity index is 1.72. The number of carbonyl (C=O) groups is 1. The maximum atomic E-state index is 13.1. The van der Waals surface area contributed by atoms with Gasteiger partial charge in [-0.2, -0.15) is 0 Å². The van der Waals surface area contributed by atoms with E-state index in [1.807, 2.05) is 0 Å². The van der Waals surface area contributed by atoms with Gasteiger partial charge in [0.2, 0.25) is 0 Å². The molecule has 0 aromatic heterocycles. The summed E-state index contributed by atoms with van der Waals surface area (Å²) in [5.74, 6) is -0.631. The highest BCUT2D eigenvalue weighted by Gasteiger charge is 2.44. The van der Waals surface area contributed by atoms with Gasteiger partial charge in [-0.1, -0.05) is 12.1 Å². The first-order valence-corrected chi connectivity index (χ1v) is 9.04. The maximum Gasteiger partial charge on any atom is 0.283 e. The molecule has 1 aliphatic rings. The molecule has 0 saturated heterocycles. The molecule has 0 bridgehead atoms. The minimum Gasteiger partial charge on any atom is -0.351 e. The second kappa shape index (κ2) is 6.84. The molecular formula is C18H17FN2O3S. The second-order valence-corrected chi connectivity index (χ2v) is 6.96. The number of thioether (sulfide) groups is 1. The normalized spacial score (nSPS) is 14.8. The highest BCUT2D eigenvalue weighted by molar-refractivity contribution is 7.98. The van der Waals surface area contributed by atoms with Crippen LogP contribution in [0.15, 0.2) is 47.4 Å². The minimum absolute atomic E-state index is 0.0696. The van der Waals surface area contributed by atoms with E-state index < -0.39 is 4.92 Å². The third-order valence-electron chi connectivity index (χ3n) is 4.54. The molecule has 3 rings (SSSR count). The fourth-order valence-electron chi connectivity index (χ4n) is 2.85. The molecule has 1 aliphatic carbocycles. The lowest BCUT2D eigenvalue weighted by molar-refractivity contribution is -0.387. The molecule has 1 fully saturated rings. The van der Waals surface area contributed by atoms with Crippen molar-refractivity contribution in [2.24, 2.45) is 0 Å². The van der Waals surface area contributed by atoms with Crippen LogP contribution in [0.5, 0.6) is 0 Å². The van der Waals surface area contributed by atoms with Crippen LogP contribution >= 0.6 is 11.8 Å². The van der Waals surface area contributed by atoms with Gasteiger partial charge in [0.15, 0.2) is 0 Å². The van der Waals surface area contributed by atoms with Gasteiger partial charge in [0.1, 0.15) is 5.82 Å². The number of carbonyl (C=O) groups excluding carboxylic acids is 1. The summed E-state index contributed by atoms with van der Waals surface area (Å²) in [4.78, 5) is 23.5. The summed E-state index contributed by atoms with van der Waals surface area (Å²) in [6.45, 7) is 0.426. The topological polar surface area (TPSA) is 72.2 Å². The van der Waals surface area contributed by atoms with Gasteiger partial charge in [0.25, 0.3) is 11.6 Å². The van der Waals surface area contributed by atoms with Gasteiger partial charge in [0, 0.05) is 23.6 Å². The van der Waals surface area contributed by atoms with Gasteiger partial charge >= 0.3 is 0 Å². The molecule has 1 amide bonds. The Kier molecular flexibility index (Phi) is 4.76. The maximum absolute atomic E-state index is 13.1. The lowest BCUT2D eigenvalue weighted by Gasteiger charge is -2.16. The van der Waals surface area contributed by atoms with Crippen LogP contribution in [0.1, 0.15) is 28.8 Å². The Hall–Kier alpha value is -2.41. The van der Waals surface area contributed by atoms with Crippen molar-refractivity contribution in [1.82, 2.24) is 5.32 Å². The lowest BCUT2D eigenvalue weighted by atomic mass is 9.96. The molecule has 2 aromatic carbocycles. The van der Waals surface area contributed by atoms with Crippen LogP contribution in [-0.2, 0) is 5.41 Å². The van der Waals surface area contributed by atoms with E-state index >= 15 is 0 Å². The zero-order valence-corrected chi connectivity index (χ0v) is 14.4. The van der Waals surface area contributed by atoms with Crippen LogP contribution in [0.2, 0.25) is 0 Å². The van der Waals surface area contributed by atoms with Crippen molar-refractivity contribution < 1.29 is 14.1 Å². The highest BCUT2D eigenvalue weighted by Crippen LogP contribution is 2.47. The third kappa shape index (κ3) is 3.66. The molecule has 7 heteroatoms. The fraction of sp³-hybridized carbons (Fsp3) is 0.278. The van der Waals surface area contributed by atoms with Crippen molar-refractivity contribution in [3.8, 4) is 0 Å². The summed E-state index contributed by atoms with van der Waals surface area (Å²) in [6, 6.07) is 10.8. The number of nitrogens with zero attached hydrogens (tertiary/aromatic N) is 1. The van der Waals surface area contributed by atoms with E-state index in [1.54, 1.807) is 30.5 Å². The van der Waals surface area contributed by atoms with Crippen molar-refractivity contribution in [3.05, 3.63) is 69.5 Å². The molecule has 1 N–H and O–H groups in total. The molecule has 2 aromatic rings. The summed E-state index contributed by atoms with van der Waals surface area (Å²) in [5.41, 5.74) is 1.03. The number of amides is 1. The number of nitrogens with one attached hydrogen (secondary N) is 1. The Labute approximate surface area is 148 Å².